The van der Waals surface area contributed by atoms with Crippen molar-refractivity contribution in [2.24, 2.45) is 5.92 Å². The van der Waals surface area contributed by atoms with E-state index in [1.165, 1.54) is 0 Å². The van der Waals surface area contributed by atoms with Crippen LogP contribution in [0.1, 0.15) is 16.8 Å². The molecule has 96 valence electrons. The van der Waals surface area contributed by atoms with E-state index in [2.05, 4.69) is 0 Å². The molecule has 0 saturated carbocycles. The van der Waals surface area contributed by atoms with Crippen LogP contribution in [0.2, 0.25) is 0 Å². The third kappa shape index (κ3) is 2.15. The van der Waals surface area contributed by atoms with Gasteiger partial charge in [0.1, 0.15) is 11.7 Å². The third-order valence-corrected chi connectivity index (χ3v) is 2.78. The van der Waals surface area contributed by atoms with Gasteiger partial charge in [-0.05, 0) is 12.1 Å². The molecule has 6 heteroatoms. The van der Waals surface area contributed by atoms with Crippen molar-refractivity contribution >= 4 is 11.6 Å². The summed E-state index contributed by atoms with van der Waals surface area (Å²) < 4.78 is 44.1. The second-order valence-electron chi connectivity index (χ2n) is 3.93. The molecule has 1 heterocycles. The predicted molar refractivity (Wildman–Crippen MR) is 54.6 cm³/mol. The highest BCUT2D eigenvalue weighted by atomic mass is 19.2. The molecule has 0 bridgehead atoms. The Bertz CT molecular complexity index is 514. The molecule has 2 rings (SSSR count). The minimum atomic E-state index is -1.72. The SMILES string of the molecule is O=C1CCOCC1C(=O)c1ccc(F)c(F)c1F. The molecule has 1 aromatic rings. The number of halogens is 3. The first-order valence-electron chi connectivity index (χ1n) is 5.30. The molecule has 1 aromatic carbocycles. The van der Waals surface area contributed by atoms with Gasteiger partial charge in [-0.15, -0.1) is 0 Å². The maximum Gasteiger partial charge on any atom is 0.195 e. The van der Waals surface area contributed by atoms with E-state index in [9.17, 15) is 22.8 Å². The number of hydrogen-bond donors (Lipinski definition) is 0. The van der Waals surface area contributed by atoms with Crippen molar-refractivity contribution in [2.75, 3.05) is 13.2 Å². The van der Waals surface area contributed by atoms with Crippen LogP contribution in [0.15, 0.2) is 12.1 Å². The van der Waals surface area contributed by atoms with E-state index >= 15 is 0 Å². The monoisotopic (exact) mass is 258 g/mol. The summed E-state index contributed by atoms with van der Waals surface area (Å²) in [7, 11) is 0. The number of carbonyl (C=O) groups is 2. The highest BCUT2D eigenvalue weighted by Gasteiger charge is 2.32. The highest BCUT2D eigenvalue weighted by molar-refractivity contribution is 6.11. The maximum atomic E-state index is 13.4. The Balaban J connectivity index is 2.34. The number of benzene rings is 1. The quantitative estimate of drug-likeness (QED) is 0.462. The average molecular weight is 258 g/mol. The molecule has 0 aliphatic carbocycles. The van der Waals surface area contributed by atoms with Crippen molar-refractivity contribution in [3.8, 4) is 0 Å². The Kier molecular flexibility index (Phi) is 3.47. The first-order chi connectivity index (χ1) is 8.52. The minimum absolute atomic E-state index is 0.0572. The van der Waals surface area contributed by atoms with Gasteiger partial charge >= 0.3 is 0 Å². The summed E-state index contributed by atoms with van der Waals surface area (Å²) in [6, 6.07) is 1.48. The minimum Gasteiger partial charge on any atom is -0.380 e. The Morgan fingerprint density at radius 3 is 2.61 bits per heavy atom. The summed E-state index contributed by atoms with van der Waals surface area (Å²) in [6.07, 6.45) is 0.0572. The number of ether oxygens (including phenoxy) is 1. The van der Waals surface area contributed by atoms with Crippen LogP contribution < -0.4 is 0 Å². The van der Waals surface area contributed by atoms with Crippen LogP contribution in [-0.2, 0) is 9.53 Å². The van der Waals surface area contributed by atoms with Gasteiger partial charge in [0.2, 0.25) is 0 Å². The Hall–Kier alpha value is -1.69. The summed E-state index contributed by atoms with van der Waals surface area (Å²) >= 11 is 0. The van der Waals surface area contributed by atoms with E-state index in [1.54, 1.807) is 0 Å². The van der Waals surface area contributed by atoms with Gasteiger partial charge in [-0.2, -0.15) is 0 Å². The lowest BCUT2D eigenvalue weighted by molar-refractivity contribution is -0.128. The summed E-state index contributed by atoms with van der Waals surface area (Å²) in [5.74, 6) is -7.07. The van der Waals surface area contributed by atoms with Crippen molar-refractivity contribution in [3.05, 3.63) is 35.1 Å². The van der Waals surface area contributed by atoms with E-state index in [-0.39, 0.29) is 25.4 Å². The maximum absolute atomic E-state index is 13.4. The lowest BCUT2D eigenvalue weighted by Crippen LogP contribution is -2.34. The molecule has 0 spiro atoms. The zero-order valence-corrected chi connectivity index (χ0v) is 9.21. The highest BCUT2D eigenvalue weighted by Crippen LogP contribution is 2.21. The first kappa shape index (κ1) is 12.8. The fraction of sp³-hybridized carbons (Fsp3) is 0.333. The van der Waals surface area contributed by atoms with E-state index in [0.717, 1.165) is 6.07 Å². The topological polar surface area (TPSA) is 43.4 Å². The van der Waals surface area contributed by atoms with Crippen LogP contribution in [0, 0.1) is 23.4 Å². The molecule has 1 unspecified atom stereocenters. The van der Waals surface area contributed by atoms with Crippen LogP contribution >= 0.6 is 0 Å². The Labute approximate surface area is 101 Å². The molecule has 1 saturated heterocycles. The molecule has 3 nitrogen and oxygen atoms in total. The summed E-state index contributed by atoms with van der Waals surface area (Å²) in [4.78, 5) is 23.3. The van der Waals surface area contributed by atoms with Gasteiger partial charge in [-0.25, -0.2) is 13.2 Å². The fourth-order valence-corrected chi connectivity index (χ4v) is 1.77. The van der Waals surface area contributed by atoms with Crippen LogP contribution in [-0.4, -0.2) is 24.8 Å². The largest absolute Gasteiger partial charge is 0.380 e. The summed E-state index contributed by atoms with van der Waals surface area (Å²) in [5, 5.41) is 0. The van der Waals surface area contributed by atoms with Gasteiger partial charge in [-0.1, -0.05) is 0 Å². The van der Waals surface area contributed by atoms with Crippen LogP contribution in [0.25, 0.3) is 0 Å². The molecular formula is C12H9F3O3. The fourth-order valence-electron chi connectivity index (χ4n) is 1.77. The van der Waals surface area contributed by atoms with Crippen molar-refractivity contribution in [1.29, 1.82) is 0 Å². The van der Waals surface area contributed by atoms with E-state index in [4.69, 9.17) is 4.74 Å². The van der Waals surface area contributed by atoms with Crippen molar-refractivity contribution in [2.45, 2.75) is 6.42 Å². The zero-order valence-electron chi connectivity index (χ0n) is 9.21. The standard InChI is InChI=1S/C12H9F3O3/c13-8-2-1-6(10(14)11(8)15)12(17)7-5-18-4-3-9(7)16/h1-2,7H,3-5H2. The molecule has 18 heavy (non-hydrogen) atoms. The molecule has 0 aromatic heterocycles. The molecule has 0 radical (unpaired) electrons. The lowest BCUT2D eigenvalue weighted by atomic mass is 9.91. The predicted octanol–water partition coefficient (Wildman–Crippen LogP) is 1.89. The van der Waals surface area contributed by atoms with Crippen LogP contribution in [0.4, 0.5) is 13.2 Å². The number of Topliss-reactive ketones (excluding diaryl/α,β-unsaturated/α-hetero) is 2. The smallest absolute Gasteiger partial charge is 0.195 e. The normalized spacial score (nSPS) is 19.9. The van der Waals surface area contributed by atoms with Crippen LogP contribution in [0.5, 0.6) is 0 Å². The Morgan fingerprint density at radius 2 is 1.94 bits per heavy atom. The second-order valence-corrected chi connectivity index (χ2v) is 3.93. The average Bonchev–Trinajstić information content (AvgIpc) is 2.36. The lowest BCUT2D eigenvalue weighted by Gasteiger charge is -2.20. The van der Waals surface area contributed by atoms with Gasteiger partial charge in [0.05, 0.1) is 18.8 Å². The van der Waals surface area contributed by atoms with Gasteiger partial charge in [-0.3, -0.25) is 9.59 Å². The van der Waals surface area contributed by atoms with Crippen molar-refractivity contribution in [1.82, 2.24) is 0 Å². The van der Waals surface area contributed by atoms with Crippen molar-refractivity contribution < 1.29 is 27.5 Å². The first-order valence-corrected chi connectivity index (χ1v) is 5.30. The number of hydrogen-bond acceptors (Lipinski definition) is 3. The molecular weight excluding hydrogens is 249 g/mol. The molecule has 0 N–H and O–H groups in total. The molecule has 1 atom stereocenters. The van der Waals surface area contributed by atoms with E-state index < -0.39 is 34.7 Å². The van der Waals surface area contributed by atoms with E-state index in [0.29, 0.717) is 6.07 Å². The summed E-state index contributed by atoms with van der Waals surface area (Å²) in [6.45, 7) is 0.0545. The third-order valence-electron chi connectivity index (χ3n) is 2.78. The molecule has 1 aliphatic heterocycles. The zero-order chi connectivity index (χ0) is 13.3. The van der Waals surface area contributed by atoms with Gasteiger partial charge < -0.3 is 4.74 Å². The molecule has 0 amide bonds. The summed E-state index contributed by atoms with van der Waals surface area (Å²) in [5.41, 5.74) is -0.627. The second kappa shape index (κ2) is 4.89. The Morgan fingerprint density at radius 1 is 1.22 bits per heavy atom. The van der Waals surface area contributed by atoms with Gasteiger partial charge in [0.15, 0.2) is 23.2 Å². The van der Waals surface area contributed by atoms with E-state index in [1.807, 2.05) is 0 Å². The number of rotatable bonds is 2. The van der Waals surface area contributed by atoms with Gasteiger partial charge in [0.25, 0.3) is 0 Å². The van der Waals surface area contributed by atoms with Crippen LogP contribution in [0.3, 0.4) is 0 Å². The molecule has 1 fully saturated rings. The number of ketones is 2. The van der Waals surface area contributed by atoms with Gasteiger partial charge in [0, 0.05) is 6.42 Å². The number of carbonyl (C=O) groups excluding carboxylic acids is 2. The molecule has 1 aliphatic rings. The van der Waals surface area contributed by atoms with Crippen molar-refractivity contribution in [3.63, 3.8) is 0 Å².